The topological polar surface area (TPSA) is 52.6 Å². The van der Waals surface area contributed by atoms with Crippen molar-refractivity contribution in [2.45, 2.75) is 0 Å². The average Bonchev–Trinajstić information content (AvgIpc) is 2.94. The molecule has 2 heterocycles. The Kier molecular flexibility index (Phi) is 4.23. The van der Waals surface area contributed by atoms with Crippen LogP contribution in [0.5, 0.6) is 0 Å². The van der Waals surface area contributed by atoms with E-state index in [2.05, 4.69) is 9.78 Å². The molecule has 0 aliphatic heterocycles. The number of carbonyl (C=O) groups excluding carboxylic acids is 2. The third-order valence-corrected chi connectivity index (χ3v) is 4.16. The summed E-state index contributed by atoms with van der Waals surface area (Å²) in [4.78, 5) is 32.1. The number of carbonyl (C=O) groups is 2. The van der Waals surface area contributed by atoms with Crippen molar-refractivity contribution in [3.8, 4) is 0 Å². The molecule has 4 nitrogen and oxygen atoms in total. The summed E-state index contributed by atoms with van der Waals surface area (Å²) in [5, 5.41) is 0. The van der Waals surface area contributed by atoms with Crippen molar-refractivity contribution in [1.82, 2.24) is 0 Å². The summed E-state index contributed by atoms with van der Waals surface area (Å²) in [6.07, 6.45) is 0. The normalized spacial score (nSPS) is 10.1. The molecule has 0 radical (unpaired) electrons. The molecule has 2 aromatic rings. The third kappa shape index (κ3) is 3.23. The Labute approximate surface area is 120 Å². The lowest BCUT2D eigenvalue weighted by atomic mass is 10.5. The smallest absolute Gasteiger partial charge is 0.241 e. The number of hydrogen-bond acceptors (Lipinski definition) is 6. The lowest BCUT2D eigenvalue weighted by Crippen LogP contribution is -2.09. The number of rotatable bonds is 2. The molecule has 94 valence electrons. The zero-order valence-corrected chi connectivity index (χ0v) is 11.7. The Hall–Kier alpha value is -1.08. The van der Waals surface area contributed by atoms with Gasteiger partial charge in [0.1, 0.15) is 9.75 Å². The Morgan fingerprint density at radius 3 is 1.50 bits per heavy atom. The van der Waals surface area contributed by atoms with Gasteiger partial charge in [-0.2, -0.15) is 0 Å². The molecule has 0 spiro atoms. The fraction of sp³-hybridized carbons (Fsp3) is 0. The van der Waals surface area contributed by atoms with Crippen LogP contribution in [0.15, 0.2) is 24.3 Å². The zero-order valence-electron chi connectivity index (χ0n) is 8.51. The molecule has 0 amide bonds. The Morgan fingerprint density at radius 2 is 1.22 bits per heavy atom. The van der Waals surface area contributed by atoms with Gasteiger partial charge in [0.2, 0.25) is 0 Å². The van der Waals surface area contributed by atoms with Gasteiger partial charge in [-0.3, -0.25) is 0 Å². The standard InChI is InChI=1S/C10H4Cl2O4S2/c11-7-3-1-5(17-7)9(13)15-16-10(14)6-2-4-8(12)18-6/h1-4H. The summed E-state index contributed by atoms with van der Waals surface area (Å²) >= 11 is 13.4. The molecule has 0 aliphatic carbocycles. The van der Waals surface area contributed by atoms with Crippen LogP contribution in [0.4, 0.5) is 0 Å². The van der Waals surface area contributed by atoms with Crippen LogP contribution in [0, 0.1) is 0 Å². The van der Waals surface area contributed by atoms with Gasteiger partial charge in [-0.05, 0) is 24.3 Å². The molecule has 0 bridgehead atoms. The van der Waals surface area contributed by atoms with E-state index in [0.717, 1.165) is 22.7 Å². The second-order valence-corrected chi connectivity index (χ2v) is 6.38. The van der Waals surface area contributed by atoms with Crippen LogP contribution in [0.1, 0.15) is 19.3 Å². The summed E-state index contributed by atoms with van der Waals surface area (Å²) in [5.41, 5.74) is 0. The lowest BCUT2D eigenvalue weighted by molar-refractivity contribution is -0.187. The van der Waals surface area contributed by atoms with E-state index in [-0.39, 0.29) is 9.75 Å². The van der Waals surface area contributed by atoms with Gasteiger partial charge in [0, 0.05) is 0 Å². The summed E-state index contributed by atoms with van der Waals surface area (Å²) in [6.45, 7) is 0. The highest BCUT2D eigenvalue weighted by atomic mass is 35.5. The maximum absolute atomic E-state index is 11.4. The van der Waals surface area contributed by atoms with Crippen molar-refractivity contribution in [3.63, 3.8) is 0 Å². The number of hydrogen-bond donors (Lipinski definition) is 0. The molecule has 2 rings (SSSR count). The van der Waals surface area contributed by atoms with E-state index < -0.39 is 11.9 Å². The first-order valence-corrected chi connectivity index (χ1v) is 6.89. The maximum Gasteiger partial charge on any atom is 0.396 e. The minimum absolute atomic E-state index is 0.247. The SMILES string of the molecule is O=C(OOC(=O)c1ccc(Cl)s1)c1ccc(Cl)s1. The summed E-state index contributed by atoms with van der Waals surface area (Å²) in [6, 6.07) is 6.05. The molecule has 0 aromatic carbocycles. The average molecular weight is 323 g/mol. The fourth-order valence-electron chi connectivity index (χ4n) is 1.01. The van der Waals surface area contributed by atoms with Crippen molar-refractivity contribution in [2.75, 3.05) is 0 Å². The monoisotopic (exact) mass is 322 g/mol. The third-order valence-electron chi connectivity index (χ3n) is 1.74. The second kappa shape index (κ2) is 5.71. The molecule has 0 saturated carbocycles. The van der Waals surface area contributed by atoms with Crippen molar-refractivity contribution < 1.29 is 19.4 Å². The van der Waals surface area contributed by atoms with Crippen molar-refractivity contribution in [3.05, 3.63) is 42.7 Å². The first kappa shape index (κ1) is 13.4. The Morgan fingerprint density at radius 1 is 0.833 bits per heavy atom. The molecular formula is C10H4Cl2O4S2. The van der Waals surface area contributed by atoms with Crippen LogP contribution < -0.4 is 0 Å². The molecule has 0 atom stereocenters. The molecule has 0 saturated heterocycles. The van der Waals surface area contributed by atoms with Crippen LogP contribution in [0.25, 0.3) is 0 Å². The first-order chi connectivity index (χ1) is 8.56. The van der Waals surface area contributed by atoms with E-state index in [9.17, 15) is 9.59 Å². The van der Waals surface area contributed by atoms with E-state index >= 15 is 0 Å². The quantitative estimate of drug-likeness (QED) is 0.618. The van der Waals surface area contributed by atoms with Crippen LogP contribution in [0.2, 0.25) is 8.67 Å². The molecule has 0 N–H and O–H groups in total. The van der Waals surface area contributed by atoms with E-state index in [1.165, 1.54) is 12.1 Å². The van der Waals surface area contributed by atoms with Crippen molar-refractivity contribution in [2.24, 2.45) is 0 Å². The summed E-state index contributed by atoms with van der Waals surface area (Å²) in [5.74, 6) is -1.55. The Bertz CT molecular complexity index is 538. The van der Waals surface area contributed by atoms with Crippen molar-refractivity contribution >= 4 is 57.8 Å². The number of halogens is 2. The van der Waals surface area contributed by atoms with Gasteiger partial charge in [0.25, 0.3) is 0 Å². The highest BCUT2D eigenvalue weighted by Gasteiger charge is 2.17. The van der Waals surface area contributed by atoms with Crippen LogP contribution in [-0.2, 0) is 9.78 Å². The largest absolute Gasteiger partial charge is 0.396 e. The van der Waals surface area contributed by atoms with Crippen LogP contribution in [0.3, 0.4) is 0 Å². The van der Waals surface area contributed by atoms with Crippen molar-refractivity contribution in [1.29, 1.82) is 0 Å². The predicted octanol–water partition coefficient (Wildman–Crippen LogP) is 4.05. The Balaban J connectivity index is 1.92. The highest BCUT2D eigenvalue weighted by molar-refractivity contribution is 7.18. The minimum Gasteiger partial charge on any atom is -0.241 e. The van der Waals surface area contributed by atoms with Gasteiger partial charge in [0.15, 0.2) is 0 Å². The first-order valence-electron chi connectivity index (χ1n) is 4.50. The molecule has 0 fully saturated rings. The molecule has 0 aliphatic rings. The van der Waals surface area contributed by atoms with Gasteiger partial charge in [0.05, 0.1) is 8.67 Å². The maximum atomic E-state index is 11.4. The van der Waals surface area contributed by atoms with Gasteiger partial charge in [-0.25, -0.2) is 19.4 Å². The molecule has 18 heavy (non-hydrogen) atoms. The van der Waals surface area contributed by atoms with E-state index in [4.69, 9.17) is 23.2 Å². The second-order valence-electron chi connectivity index (χ2n) is 2.95. The fourth-order valence-corrected chi connectivity index (χ4v) is 2.83. The molecule has 0 unspecified atom stereocenters. The lowest BCUT2D eigenvalue weighted by Gasteiger charge is -1.99. The van der Waals surface area contributed by atoms with E-state index in [1.807, 2.05) is 0 Å². The minimum atomic E-state index is -0.775. The molecule has 8 heteroatoms. The zero-order chi connectivity index (χ0) is 13.1. The van der Waals surface area contributed by atoms with Gasteiger partial charge >= 0.3 is 11.9 Å². The number of thiophene rings is 2. The molecule has 2 aromatic heterocycles. The van der Waals surface area contributed by atoms with Crippen LogP contribution >= 0.6 is 45.9 Å². The van der Waals surface area contributed by atoms with Gasteiger partial charge < -0.3 is 0 Å². The van der Waals surface area contributed by atoms with Crippen LogP contribution in [-0.4, -0.2) is 11.9 Å². The summed E-state index contributed by atoms with van der Waals surface area (Å²) in [7, 11) is 0. The van der Waals surface area contributed by atoms with Gasteiger partial charge in [-0.1, -0.05) is 23.2 Å². The van der Waals surface area contributed by atoms with E-state index in [1.54, 1.807) is 12.1 Å². The highest BCUT2D eigenvalue weighted by Crippen LogP contribution is 2.24. The summed E-state index contributed by atoms with van der Waals surface area (Å²) < 4.78 is 0.886. The predicted molar refractivity (Wildman–Crippen MR) is 69.5 cm³/mol. The van der Waals surface area contributed by atoms with Gasteiger partial charge in [-0.15, -0.1) is 22.7 Å². The molecular weight excluding hydrogens is 319 g/mol. The van der Waals surface area contributed by atoms with E-state index in [0.29, 0.717) is 8.67 Å².